The minimum atomic E-state index is -0.124. The van der Waals surface area contributed by atoms with Crippen LogP contribution < -0.4 is 10.2 Å². The molecule has 3 rings (SSSR count). The predicted octanol–water partition coefficient (Wildman–Crippen LogP) is 6.92. The van der Waals surface area contributed by atoms with Crippen LogP contribution in [-0.2, 0) is 5.75 Å². The largest absolute Gasteiger partial charge is 0.356 e. The zero-order valence-electron chi connectivity index (χ0n) is 19.7. The van der Waals surface area contributed by atoms with E-state index in [0.717, 1.165) is 48.6 Å². The van der Waals surface area contributed by atoms with Crippen molar-refractivity contribution in [1.29, 1.82) is 0 Å². The zero-order valence-corrected chi connectivity index (χ0v) is 21.3. The maximum absolute atomic E-state index is 12.8. The first-order valence-electron chi connectivity index (χ1n) is 11.3. The van der Waals surface area contributed by atoms with Crippen LogP contribution in [0.3, 0.4) is 0 Å². The van der Waals surface area contributed by atoms with Crippen LogP contribution in [0.5, 0.6) is 0 Å². The van der Waals surface area contributed by atoms with Gasteiger partial charge >= 0.3 is 0 Å². The molecule has 5 nitrogen and oxygen atoms in total. The van der Waals surface area contributed by atoms with Crippen molar-refractivity contribution in [3.63, 3.8) is 0 Å². The van der Waals surface area contributed by atoms with E-state index in [9.17, 15) is 4.79 Å². The van der Waals surface area contributed by atoms with Crippen LogP contribution in [0.4, 0.5) is 11.5 Å². The van der Waals surface area contributed by atoms with E-state index >= 15 is 0 Å². The number of nitrogens with one attached hydrogen (secondary N) is 1. The summed E-state index contributed by atoms with van der Waals surface area (Å²) in [6.45, 7) is 10.3. The smallest absolute Gasteiger partial charge is 0.255 e. The topological polar surface area (TPSA) is 58.1 Å². The van der Waals surface area contributed by atoms with Gasteiger partial charge in [-0.3, -0.25) is 4.79 Å². The van der Waals surface area contributed by atoms with Crippen molar-refractivity contribution in [2.75, 3.05) is 23.3 Å². The molecule has 0 unspecified atom stereocenters. The number of nitrogens with zero attached hydrogens (tertiary/aromatic N) is 3. The third-order valence-corrected chi connectivity index (χ3v) is 6.41. The number of hydrogen-bond donors (Lipinski definition) is 1. The first kappa shape index (κ1) is 25.1. The number of benzene rings is 2. The van der Waals surface area contributed by atoms with Gasteiger partial charge in [0.05, 0.1) is 0 Å². The standard InChI is InChI=1S/C26H31ClN4OS/c1-5-12-31(13-6-2)24-16-23(27)29-26(30-24)33-17-20-8-7-9-21(15-20)25(32)28-22-11-10-18(3)19(4)14-22/h7-11,14-16H,5-6,12-13,17H2,1-4H3,(H,28,32). The highest BCUT2D eigenvalue weighted by atomic mass is 35.5. The molecule has 7 heteroatoms. The van der Waals surface area contributed by atoms with Gasteiger partial charge in [-0.1, -0.05) is 55.4 Å². The Morgan fingerprint density at radius 1 is 1.00 bits per heavy atom. The molecule has 0 aliphatic rings. The lowest BCUT2D eigenvalue weighted by atomic mass is 10.1. The number of aromatic nitrogens is 2. The fourth-order valence-corrected chi connectivity index (χ4v) is 4.49. The molecule has 1 aromatic heterocycles. The molecule has 0 spiro atoms. The number of aryl methyl sites for hydroxylation is 2. The van der Waals surface area contributed by atoms with Crippen LogP contribution in [0.2, 0.25) is 5.15 Å². The van der Waals surface area contributed by atoms with Gasteiger partial charge in [0.1, 0.15) is 11.0 Å². The Bertz CT molecular complexity index is 1100. The van der Waals surface area contributed by atoms with Crippen LogP contribution in [0.25, 0.3) is 0 Å². The molecule has 1 heterocycles. The quantitative estimate of drug-likeness (QED) is 0.193. The van der Waals surface area contributed by atoms with Crippen LogP contribution in [-0.4, -0.2) is 29.0 Å². The van der Waals surface area contributed by atoms with Crippen LogP contribution in [0, 0.1) is 13.8 Å². The Kier molecular flexibility index (Phi) is 9.15. The maximum atomic E-state index is 12.8. The summed E-state index contributed by atoms with van der Waals surface area (Å²) in [7, 11) is 0. The maximum Gasteiger partial charge on any atom is 0.255 e. The number of hydrogen-bond acceptors (Lipinski definition) is 5. The zero-order chi connectivity index (χ0) is 23.8. The highest BCUT2D eigenvalue weighted by Crippen LogP contribution is 2.25. The van der Waals surface area contributed by atoms with Gasteiger partial charge in [0.25, 0.3) is 5.91 Å². The van der Waals surface area contributed by atoms with Crippen molar-refractivity contribution in [3.05, 3.63) is 75.9 Å². The summed E-state index contributed by atoms with van der Waals surface area (Å²) < 4.78 is 0. The Morgan fingerprint density at radius 2 is 1.76 bits per heavy atom. The van der Waals surface area contributed by atoms with Crippen molar-refractivity contribution < 1.29 is 4.79 Å². The van der Waals surface area contributed by atoms with E-state index in [1.807, 2.05) is 55.5 Å². The third kappa shape index (κ3) is 7.21. The van der Waals surface area contributed by atoms with Gasteiger partial charge in [0, 0.05) is 36.2 Å². The number of anilines is 2. The lowest BCUT2D eigenvalue weighted by molar-refractivity contribution is 0.102. The first-order chi connectivity index (χ1) is 15.9. The van der Waals surface area contributed by atoms with E-state index in [-0.39, 0.29) is 5.91 Å². The van der Waals surface area contributed by atoms with Crippen molar-refractivity contribution in [2.45, 2.75) is 51.4 Å². The summed E-state index contributed by atoms with van der Waals surface area (Å²) >= 11 is 7.82. The first-order valence-corrected chi connectivity index (χ1v) is 12.7. The summed E-state index contributed by atoms with van der Waals surface area (Å²) in [5.41, 5.74) is 4.79. The molecule has 0 saturated carbocycles. The third-order valence-electron chi connectivity index (χ3n) is 5.29. The molecule has 1 amide bonds. The fraction of sp³-hybridized carbons (Fsp3) is 0.346. The molecule has 0 saturated heterocycles. The minimum absolute atomic E-state index is 0.124. The van der Waals surface area contributed by atoms with Gasteiger partial charge in [0.15, 0.2) is 5.16 Å². The summed E-state index contributed by atoms with van der Waals surface area (Å²) in [6.07, 6.45) is 2.09. The van der Waals surface area contributed by atoms with Crippen LogP contribution in [0.1, 0.15) is 53.7 Å². The molecule has 0 aliphatic carbocycles. The highest BCUT2D eigenvalue weighted by Gasteiger charge is 2.12. The lowest BCUT2D eigenvalue weighted by Crippen LogP contribution is -2.26. The van der Waals surface area contributed by atoms with Gasteiger partial charge in [-0.2, -0.15) is 0 Å². The predicted molar refractivity (Wildman–Crippen MR) is 140 cm³/mol. The molecule has 2 aromatic carbocycles. The van der Waals surface area contributed by atoms with E-state index < -0.39 is 0 Å². The van der Waals surface area contributed by atoms with E-state index in [4.69, 9.17) is 16.6 Å². The van der Waals surface area contributed by atoms with Gasteiger partial charge in [0.2, 0.25) is 0 Å². The fourth-order valence-electron chi connectivity index (χ4n) is 3.47. The van der Waals surface area contributed by atoms with Crippen molar-refractivity contribution in [2.24, 2.45) is 0 Å². The summed E-state index contributed by atoms with van der Waals surface area (Å²) in [6, 6.07) is 15.4. The number of thioether (sulfide) groups is 1. The molecule has 0 aliphatic heterocycles. The number of rotatable bonds is 10. The average molecular weight is 483 g/mol. The Morgan fingerprint density at radius 3 is 2.45 bits per heavy atom. The van der Waals surface area contributed by atoms with E-state index in [0.29, 0.717) is 21.6 Å². The number of carbonyl (C=O) groups excluding carboxylic acids is 1. The minimum Gasteiger partial charge on any atom is -0.356 e. The second-order valence-corrected chi connectivity index (χ2v) is 9.39. The van der Waals surface area contributed by atoms with Crippen LogP contribution in [0.15, 0.2) is 53.7 Å². The molecule has 33 heavy (non-hydrogen) atoms. The van der Waals surface area contributed by atoms with Crippen LogP contribution >= 0.6 is 23.4 Å². The van der Waals surface area contributed by atoms with Gasteiger partial charge in [-0.05, 0) is 67.6 Å². The summed E-state index contributed by atoms with van der Waals surface area (Å²) in [4.78, 5) is 24.1. The summed E-state index contributed by atoms with van der Waals surface area (Å²) in [5, 5.41) is 4.07. The Labute approximate surface area is 206 Å². The van der Waals surface area contributed by atoms with E-state index in [2.05, 4.69) is 36.0 Å². The normalized spacial score (nSPS) is 10.8. The molecule has 174 valence electrons. The van der Waals surface area contributed by atoms with Crippen molar-refractivity contribution in [1.82, 2.24) is 9.97 Å². The molecule has 0 fully saturated rings. The average Bonchev–Trinajstić information content (AvgIpc) is 2.80. The Balaban J connectivity index is 1.69. The van der Waals surface area contributed by atoms with Crippen molar-refractivity contribution in [3.8, 4) is 0 Å². The van der Waals surface area contributed by atoms with Gasteiger partial charge in [-0.15, -0.1) is 0 Å². The molecule has 0 bridgehead atoms. The second-order valence-electron chi connectivity index (χ2n) is 8.06. The van der Waals surface area contributed by atoms with Gasteiger partial charge < -0.3 is 10.2 Å². The number of amides is 1. The highest BCUT2D eigenvalue weighted by molar-refractivity contribution is 7.98. The Hall–Kier alpha value is -2.57. The van der Waals surface area contributed by atoms with Crippen molar-refractivity contribution >= 4 is 40.8 Å². The molecule has 0 atom stereocenters. The summed E-state index contributed by atoms with van der Waals surface area (Å²) in [5.74, 6) is 1.38. The molecular formula is C26H31ClN4OS. The number of halogens is 1. The monoisotopic (exact) mass is 482 g/mol. The molecule has 3 aromatic rings. The second kappa shape index (κ2) is 12.1. The molecular weight excluding hydrogens is 452 g/mol. The van der Waals surface area contributed by atoms with E-state index in [1.165, 1.54) is 17.3 Å². The molecule has 0 radical (unpaired) electrons. The lowest BCUT2D eigenvalue weighted by Gasteiger charge is -2.22. The van der Waals surface area contributed by atoms with E-state index in [1.54, 1.807) is 0 Å². The number of carbonyl (C=O) groups is 1. The molecule has 1 N–H and O–H groups in total. The SMILES string of the molecule is CCCN(CCC)c1cc(Cl)nc(SCc2cccc(C(=O)Nc3ccc(C)c(C)c3)c2)n1. The van der Waals surface area contributed by atoms with Gasteiger partial charge in [-0.25, -0.2) is 9.97 Å².